The molecular formula is C24H23NO3. The number of carbonyl (C=O) groups excluding carboxylic acids is 2. The van der Waals surface area contributed by atoms with Crippen LogP contribution in [0, 0.1) is 13.8 Å². The number of hydrogen-bond acceptors (Lipinski definition) is 3. The SMILES string of the molecule is Cc1ccc(C)c(COC(=O)CNC(=O)c2ccc(-c3ccccc3)cc2)c1. The van der Waals surface area contributed by atoms with E-state index in [0.29, 0.717) is 5.56 Å². The molecule has 28 heavy (non-hydrogen) atoms. The Hall–Kier alpha value is -3.40. The zero-order chi connectivity index (χ0) is 19.9. The number of nitrogens with one attached hydrogen (secondary N) is 1. The number of amides is 1. The van der Waals surface area contributed by atoms with Crippen LogP contribution in [0.1, 0.15) is 27.0 Å². The molecule has 4 nitrogen and oxygen atoms in total. The highest BCUT2D eigenvalue weighted by Gasteiger charge is 2.10. The molecule has 0 heterocycles. The molecular weight excluding hydrogens is 350 g/mol. The molecule has 1 amide bonds. The first-order valence-electron chi connectivity index (χ1n) is 9.18. The van der Waals surface area contributed by atoms with Crippen LogP contribution in [0.25, 0.3) is 11.1 Å². The van der Waals surface area contributed by atoms with Crippen LogP contribution < -0.4 is 5.32 Å². The largest absolute Gasteiger partial charge is 0.459 e. The average molecular weight is 373 g/mol. The van der Waals surface area contributed by atoms with Gasteiger partial charge >= 0.3 is 5.97 Å². The second kappa shape index (κ2) is 9.00. The highest BCUT2D eigenvalue weighted by Crippen LogP contribution is 2.19. The molecule has 0 saturated carbocycles. The van der Waals surface area contributed by atoms with Crippen molar-refractivity contribution in [2.45, 2.75) is 20.5 Å². The fourth-order valence-corrected chi connectivity index (χ4v) is 2.86. The molecule has 0 fully saturated rings. The van der Waals surface area contributed by atoms with Gasteiger partial charge in [0.1, 0.15) is 13.2 Å². The molecule has 0 aliphatic carbocycles. The van der Waals surface area contributed by atoms with Gasteiger partial charge in [-0.15, -0.1) is 0 Å². The van der Waals surface area contributed by atoms with Crippen molar-refractivity contribution >= 4 is 11.9 Å². The molecule has 3 aromatic carbocycles. The number of ether oxygens (including phenoxy) is 1. The number of esters is 1. The Morgan fingerprint density at radius 2 is 1.54 bits per heavy atom. The van der Waals surface area contributed by atoms with Crippen LogP contribution in [-0.4, -0.2) is 18.4 Å². The van der Waals surface area contributed by atoms with Crippen LogP contribution in [0.2, 0.25) is 0 Å². The van der Waals surface area contributed by atoms with Crippen molar-refractivity contribution in [3.8, 4) is 11.1 Å². The van der Waals surface area contributed by atoms with Gasteiger partial charge in [-0.2, -0.15) is 0 Å². The summed E-state index contributed by atoms with van der Waals surface area (Å²) in [4.78, 5) is 24.2. The third kappa shape index (κ3) is 5.07. The van der Waals surface area contributed by atoms with E-state index in [1.807, 2.05) is 74.5 Å². The summed E-state index contributed by atoms with van der Waals surface area (Å²) in [5.74, 6) is -0.765. The van der Waals surface area contributed by atoms with Crippen molar-refractivity contribution in [1.29, 1.82) is 0 Å². The molecule has 0 spiro atoms. The molecule has 0 aliphatic rings. The molecule has 0 atom stereocenters. The third-order valence-corrected chi connectivity index (χ3v) is 4.54. The topological polar surface area (TPSA) is 55.4 Å². The molecule has 3 aromatic rings. The van der Waals surface area contributed by atoms with Gasteiger partial charge in [0.2, 0.25) is 0 Å². The minimum Gasteiger partial charge on any atom is -0.459 e. The van der Waals surface area contributed by atoms with E-state index < -0.39 is 5.97 Å². The van der Waals surface area contributed by atoms with Crippen molar-refractivity contribution in [3.05, 3.63) is 95.1 Å². The Bertz CT molecular complexity index is 963. The fourth-order valence-electron chi connectivity index (χ4n) is 2.86. The number of aryl methyl sites for hydroxylation is 2. The summed E-state index contributed by atoms with van der Waals surface area (Å²) in [5, 5.41) is 2.61. The predicted molar refractivity (Wildman–Crippen MR) is 110 cm³/mol. The van der Waals surface area contributed by atoms with Crippen molar-refractivity contribution < 1.29 is 14.3 Å². The van der Waals surface area contributed by atoms with Crippen LogP contribution in [0.3, 0.4) is 0 Å². The fraction of sp³-hybridized carbons (Fsp3) is 0.167. The Kier molecular flexibility index (Phi) is 6.22. The van der Waals surface area contributed by atoms with Crippen molar-refractivity contribution in [2.75, 3.05) is 6.54 Å². The van der Waals surface area contributed by atoms with Crippen LogP contribution in [0.15, 0.2) is 72.8 Å². The van der Waals surface area contributed by atoms with Crippen LogP contribution in [0.4, 0.5) is 0 Å². The number of hydrogen-bond donors (Lipinski definition) is 1. The lowest BCUT2D eigenvalue weighted by atomic mass is 10.0. The molecule has 0 unspecified atom stereocenters. The Labute approximate surface area is 165 Å². The maximum Gasteiger partial charge on any atom is 0.325 e. The lowest BCUT2D eigenvalue weighted by molar-refractivity contribution is -0.143. The first-order chi connectivity index (χ1) is 13.5. The summed E-state index contributed by atoms with van der Waals surface area (Å²) in [6.07, 6.45) is 0. The van der Waals surface area contributed by atoms with E-state index in [9.17, 15) is 9.59 Å². The van der Waals surface area contributed by atoms with Gasteiger partial charge < -0.3 is 10.1 Å². The van der Waals surface area contributed by atoms with E-state index in [2.05, 4.69) is 5.32 Å². The van der Waals surface area contributed by atoms with Crippen LogP contribution in [-0.2, 0) is 16.1 Å². The second-order valence-corrected chi connectivity index (χ2v) is 6.72. The minimum absolute atomic E-state index is 0.163. The molecule has 142 valence electrons. The Morgan fingerprint density at radius 1 is 0.857 bits per heavy atom. The van der Waals surface area contributed by atoms with Gasteiger partial charge in [-0.3, -0.25) is 9.59 Å². The van der Waals surface area contributed by atoms with Crippen LogP contribution in [0.5, 0.6) is 0 Å². The molecule has 3 rings (SSSR count). The average Bonchev–Trinajstić information content (AvgIpc) is 2.73. The standard InChI is InChI=1S/C24H23NO3/c1-17-8-9-18(2)22(14-17)16-28-23(26)15-25-24(27)21-12-10-20(11-13-21)19-6-4-3-5-7-19/h3-14H,15-16H2,1-2H3,(H,25,27). The molecule has 0 saturated heterocycles. The van der Waals surface area contributed by atoms with E-state index in [4.69, 9.17) is 4.74 Å². The number of rotatable bonds is 6. The predicted octanol–water partition coefficient (Wildman–Crippen LogP) is 4.44. The lowest BCUT2D eigenvalue weighted by Gasteiger charge is -2.09. The summed E-state index contributed by atoms with van der Waals surface area (Å²) in [6.45, 7) is 4.01. The highest BCUT2D eigenvalue weighted by atomic mass is 16.5. The molecule has 0 aromatic heterocycles. The van der Waals surface area contributed by atoms with E-state index in [1.54, 1.807) is 12.1 Å². The van der Waals surface area contributed by atoms with Gasteiger partial charge in [0, 0.05) is 5.56 Å². The highest BCUT2D eigenvalue weighted by molar-refractivity contribution is 5.96. The molecule has 0 aliphatic heterocycles. The normalized spacial score (nSPS) is 10.4. The first-order valence-corrected chi connectivity index (χ1v) is 9.18. The van der Waals surface area contributed by atoms with Gasteiger partial charge in [0.25, 0.3) is 5.91 Å². The zero-order valence-electron chi connectivity index (χ0n) is 16.1. The van der Waals surface area contributed by atoms with Gasteiger partial charge in [-0.1, -0.05) is 66.2 Å². The zero-order valence-corrected chi connectivity index (χ0v) is 16.1. The number of benzene rings is 3. The van der Waals surface area contributed by atoms with Gasteiger partial charge in [-0.25, -0.2) is 0 Å². The van der Waals surface area contributed by atoms with E-state index in [0.717, 1.165) is 27.8 Å². The summed E-state index contributed by atoms with van der Waals surface area (Å²) in [7, 11) is 0. The van der Waals surface area contributed by atoms with Gasteiger partial charge in [-0.05, 0) is 48.2 Å². The molecule has 1 N–H and O–H groups in total. The van der Waals surface area contributed by atoms with Gasteiger partial charge in [0.15, 0.2) is 0 Å². The minimum atomic E-state index is -0.463. The van der Waals surface area contributed by atoms with Gasteiger partial charge in [0.05, 0.1) is 0 Å². The maximum absolute atomic E-state index is 12.3. The van der Waals surface area contributed by atoms with E-state index in [-0.39, 0.29) is 19.1 Å². The van der Waals surface area contributed by atoms with Crippen molar-refractivity contribution in [1.82, 2.24) is 5.32 Å². The van der Waals surface area contributed by atoms with Crippen molar-refractivity contribution in [3.63, 3.8) is 0 Å². The summed E-state index contributed by atoms with van der Waals surface area (Å²) in [6, 6.07) is 23.2. The van der Waals surface area contributed by atoms with E-state index >= 15 is 0 Å². The van der Waals surface area contributed by atoms with Crippen LogP contribution >= 0.6 is 0 Å². The molecule has 0 bridgehead atoms. The molecule has 0 radical (unpaired) electrons. The third-order valence-electron chi connectivity index (χ3n) is 4.54. The molecule has 4 heteroatoms. The Balaban J connectivity index is 1.51. The quantitative estimate of drug-likeness (QED) is 0.650. The lowest BCUT2D eigenvalue weighted by Crippen LogP contribution is -2.30. The van der Waals surface area contributed by atoms with Crippen molar-refractivity contribution in [2.24, 2.45) is 0 Å². The second-order valence-electron chi connectivity index (χ2n) is 6.72. The first kappa shape index (κ1) is 19.4. The maximum atomic E-state index is 12.3. The number of carbonyl (C=O) groups is 2. The van der Waals surface area contributed by atoms with E-state index in [1.165, 1.54) is 0 Å². The summed E-state index contributed by atoms with van der Waals surface area (Å²) >= 11 is 0. The Morgan fingerprint density at radius 3 is 2.25 bits per heavy atom. The summed E-state index contributed by atoms with van der Waals surface area (Å²) < 4.78 is 5.27. The monoisotopic (exact) mass is 373 g/mol. The smallest absolute Gasteiger partial charge is 0.325 e. The summed E-state index contributed by atoms with van der Waals surface area (Å²) in [5.41, 5.74) is 5.78.